The van der Waals surface area contributed by atoms with Gasteiger partial charge < -0.3 is 10.2 Å². The third kappa shape index (κ3) is 2.11. The van der Waals surface area contributed by atoms with Crippen molar-refractivity contribution in [2.45, 2.75) is 19.3 Å². The molecule has 2 aromatic carbocycles. The van der Waals surface area contributed by atoms with Crippen molar-refractivity contribution >= 4 is 22.4 Å². The maximum absolute atomic E-state index is 10.0. The zero-order valence-electron chi connectivity index (χ0n) is 9.87. The summed E-state index contributed by atoms with van der Waals surface area (Å²) in [5, 5.41) is 22.0. The van der Waals surface area contributed by atoms with Gasteiger partial charge in [-0.1, -0.05) is 37.6 Å². The van der Waals surface area contributed by atoms with Crippen LogP contribution in [0.15, 0.2) is 30.3 Å². The first kappa shape index (κ1) is 12.2. The first-order valence-electron chi connectivity index (χ1n) is 5.48. The van der Waals surface area contributed by atoms with Crippen LogP contribution in [0, 0.1) is 0 Å². The molecule has 0 unspecified atom stereocenters. The van der Waals surface area contributed by atoms with E-state index in [4.69, 9.17) is 11.6 Å². The highest BCUT2D eigenvalue weighted by atomic mass is 35.5. The monoisotopic (exact) mass is 250 g/mol. The first-order chi connectivity index (χ1) is 7.95. The number of benzene rings is 2. The number of rotatable bonds is 2. The highest BCUT2D eigenvalue weighted by Gasteiger charge is 2.25. The zero-order valence-corrected chi connectivity index (χ0v) is 10.6. The van der Waals surface area contributed by atoms with Gasteiger partial charge in [0.1, 0.15) is 5.75 Å². The van der Waals surface area contributed by atoms with Crippen LogP contribution in [-0.2, 0) is 5.41 Å². The van der Waals surface area contributed by atoms with Crippen molar-refractivity contribution in [3.8, 4) is 5.75 Å². The van der Waals surface area contributed by atoms with Crippen molar-refractivity contribution in [1.29, 1.82) is 0 Å². The molecule has 0 aliphatic rings. The van der Waals surface area contributed by atoms with Crippen LogP contribution in [0.2, 0.25) is 5.02 Å². The molecule has 2 aromatic rings. The van der Waals surface area contributed by atoms with E-state index in [2.05, 4.69) is 0 Å². The highest BCUT2D eigenvalue weighted by molar-refractivity contribution is 6.31. The fourth-order valence-corrected chi connectivity index (χ4v) is 2.26. The van der Waals surface area contributed by atoms with Gasteiger partial charge in [-0.25, -0.2) is 0 Å². The van der Waals surface area contributed by atoms with E-state index in [-0.39, 0.29) is 12.4 Å². The van der Waals surface area contributed by atoms with Gasteiger partial charge in [0.05, 0.1) is 6.61 Å². The molecule has 0 saturated carbocycles. The van der Waals surface area contributed by atoms with Crippen LogP contribution in [0.1, 0.15) is 19.4 Å². The SMILES string of the molecule is CC(C)(CO)c1c(O)ccc2cc(Cl)ccc12. The van der Waals surface area contributed by atoms with Crippen LogP contribution < -0.4 is 0 Å². The molecular weight excluding hydrogens is 236 g/mol. The zero-order chi connectivity index (χ0) is 12.6. The minimum Gasteiger partial charge on any atom is -0.508 e. The van der Waals surface area contributed by atoms with Crippen molar-refractivity contribution in [2.24, 2.45) is 0 Å². The summed E-state index contributed by atoms with van der Waals surface area (Å²) in [6, 6.07) is 9.00. The van der Waals surface area contributed by atoms with E-state index in [9.17, 15) is 10.2 Å². The Morgan fingerprint density at radius 2 is 1.88 bits per heavy atom. The van der Waals surface area contributed by atoms with Gasteiger partial charge in [0.15, 0.2) is 0 Å². The lowest BCUT2D eigenvalue weighted by Gasteiger charge is -2.25. The van der Waals surface area contributed by atoms with Crippen LogP contribution in [-0.4, -0.2) is 16.8 Å². The number of aliphatic hydroxyl groups excluding tert-OH is 1. The number of phenols is 1. The molecule has 0 aliphatic carbocycles. The van der Waals surface area contributed by atoms with Crippen LogP contribution in [0.25, 0.3) is 10.8 Å². The Kier molecular flexibility index (Phi) is 3.02. The van der Waals surface area contributed by atoms with E-state index < -0.39 is 5.41 Å². The molecule has 0 spiro atoms. The number of phenolic OH excluding ortho intramolecular Hbond substituents is 1. The van der Waals surface area contributed by atoms with Gasteiger partial charge >= 0.3 is 0 Å². The molecule has 0 aliphatic heterocycles. The Bertz CT molecular complexity index is 561. The summed E-state index contributed by atoms with van der Waals surface area (Å²) in [4.78, 5) is 0. The van der Waals surface area contributed by atoms with Gasteiger partial charge in [-0.2, -0.15) is 0 Å². The lowest BCUT2D eigenvalue weighted by molar-refractivity contribution is 0.216. The molecule has 0 bridgehead atoms. The molecule has 17 heavy (non-hydrogen) atoms. The summed E-state index contributed by atoms with van der Waals surface area (Å²) in [6.45, 7) is 3.77. The predicted octanol–water partition coefficient (Wildman–Crippen LogP) is 3.47. The Hall–Kier alpha value is -1.25. The van der Waals surface area contributed by atoms with E-state index in [0.717, 1.165) is 16.3 Å². The second-order valence-corrected chi connectivity index (χ2v) is 5.30. The first-order valence-corrected chi connectivity index (χ1v) is 5.86. The van der Waals surface area contributed by atoms with E-state index in [1.54, 1.807) is 12.1 Å². The average Bonchev–Trinajstić information content (AvgIpc) is 2.29. The topological polar surface area (TPSA) is 40.5 Å². The standard InChI is InChI=1S/C14H15ClO2/c1-14(2,8-16)13-11-5-4-10(15)7-9(11)3-6-12(13)17/h3-7,16-17H,8H2,1-2H3. The molecule has 2 nitrogen and oxygen atoms in total. The van der Waals surface area contributed by atoms with Crippen molar-refractivity contribution < 1.29 is 10.2 Å². The third-order valence-electron chi connectivity index (χ3n) is 3.03. The van der Waals surface area contributed by atoms with Crippen LogP contribution >= 0.6 is 11.6 Å². The Morgan fingerprint density at radius 1 is 1.18 bits per heavy atom. The fraction of sp³-hybridized carbons (Fsp3) is 0.286. The number of hydrogen-bond acceptors (Lipinski definition) is 2. The lowest BCUT2D eigenvalue weighted by atomic mass is 9.82. The number of aromatic hydroxyl groups is 1. The van der Waals surface area contributed by atoms with Crippen molar-refractivity contribution in [2.75, 3.05) is 6.61 Å². The third-order valence-corrected chi connectivity index (χ3v) is 3.27. The van der Waals surface area contributed by atoms with Crippen molar-refractivity contribution in [3.63, 3.8) is 0 Å². The van der Waals surface area contributed by atoms with E-state index in [1.807, 2.05) is 32.0 Å². The Morgan fingerprint density at radius 3 is 2.53 bits per heavy atom. The maximum atomic E-state index is 10.0. The summed E-state index contributed by atoms with van der Waals surface area (Å²) in [5.74, 6) is 0.207. The van der Waals surface area contributed by atoms with Crippen LogP contribution in [0.5, 0.6) is 5.75 Å². The smallest absolute Gasteiger partial charge is 0.120 e. The van der Waals surface area contributed by atoms with Gasteiger partial charge in [-0.15, -0.1) is 0 Å². The average molecular weight is 251 g/mol. The summed E-state index contributed by atoms with van der Waals surface area (Å²) in [5.41, 5.74) is 0.270. The van der Waals surface area contributed by atoms with Crippen molar-refractivity contribution in [1.82, 2.24) is 0 Å². The number of halogens is 1. The molecule has 2 N–H and O–H groups in total. The van der Waals surface area contributed by atoms with Gasteiger partial charge in [-0.05, 0) is 29.0 Å². The van der Waals surface area contributed by atoms with Gasteiger partial charge in [-0.3, -0.25) is 0 Å². The molecule has 0 aromatic heterocycles. The van der Waals surface area contributed by atoms with Gasteiger partial charge in [0.25, 0.3) is 0 Å². The van der Waals surface area contributed by atoms with E-state index in [0.29, 0.717) is 5.02 Å². The highest BCUT2D eigenvalue weighted by Crippen LogP contribution is 2.37. The van der Waals surface area contributed by atoms with Gasteiger partial charge in [0.2, 0.25) is 0 Å². The molecule has 90 valence electrons. The predicted molar refractivity (Wildman–Crippen MR) is 70.7 cm³/mol. The molecule has 2 rings (SSSR count). The number of fused-ring (bicyclic) bond motifs is 1. The molecule has 0 saturated heterocycles. The molecule has 0 amide bonds. The second kappa shape index (κ2) is 4.21. The van der Waals surface area contributed by atoms with E-state index in [1.165, 1.54) is 0 Å². The molecule has 0 atom stereocenters. The summed E-state index contributed by atoms with van der Waals surface area (Å²) >= 11 is 5.95. The van der Waals surface area contributed by atoms with Gasteiger partial charge in [0, 0.05) is 16.0 Å². The summed E-state index contributed by atoms with van der Waals surface area (Å²) in [7, 11) is 0. The molecule has 0 radical (unpaired) electrons. The Balaban J connectivity index is 2.81. The van der Waals surface area contributed by atoms with Crippen molar-refractivity contribution in [3.05, 3.63) is 40.9 Å². The summed E-state index contributed by atoms with van der Waals surface area (Å²) in [6.07, 6.45) is 0. The summed E-state index contributed by atoms with van der Waals surface area (Å²) < 4.78 is 0. The lowest BCUT2D eigenvalue weighted by Crippen LogP contribution is -2.22. The number of hydrogen-bond donors (Lipinski definition) is 2. The molecule has 0 fully saturated rings. The normalized spacial score (nSPS) is 12.0. The minimum atomic E-state index is -0.489. The molecule has 3 heteroatoms. The Labute approximate surface area is 105 Å². The minimum absolute atomic E-state index is 0.0255. The van der Waals surface area contributed by atoms with Crippen LogP contribution in [0.3, 0.4) is 0 Å². The van der Waals surface area contributed by atoms with E-state index >= 15 is 0 Å². The number of aliphatic hydroxyl groups is 1. The quantitative estimate of drug-likeness (QED) is 0.857. The molecular formula is C14H15ClO2. The van der Waals surface area contributed by atoms with Crippen LogP contribution in [0.4, 0.5) is 0 Å². The fourth-order valence-electron chi connectivity index (χ4n) is 2.08. The second-order valence-electron chi connectivity index (χ2n) is 4.87. The largest absolute Gasteiger partial charge is 0.508 e. The maximum Gasteiger partial charge on any atom is 0.120 e. The molecule has 0 heterocycles.